The maximum atomic E-state index is 11.2. The number of nitrogens with zero attached hydrogens (tertiary/aromatic N) is 5. The van der Waals surface area contributed by atoms with Gasteiger partial charge in [0.25, 0.3) is 0 Å². The molecule has 1 aromatic carbocycles. The lowest BCUT2D eigenvalue weighted by Gasteiger charge is -2.18. The smallest absolute Gasteiger partial charge is 0.356 e. The van der Waals surface area contributed by atoms with Crippen LogP contribution in [0.15, 0.2) is 30.5 Å². The van der Waals surface area contributed by atoms with E-state index in [0.717, 1.165) is 0 Å². The van der Waals surface area contributed by atoms with Crippen molar-refractivity contribution < 1.29 is 14.4 Å². The molecule has 0 aliphatic carbocycles. The minimum atomic E-state index is -4.28. The predicted octanol–water partition coefficient (Wildman–Crippen LogP) is 0.155. The SMILES string of the molecule is CN(c1ccc(P(=O)(O)O)cc1)c1cnc2nc(N)nc(N)c2n1. The van der Waals surface area contributed by atoms with Gasteiger partial charge in [-0.3, -0.25) is 4.57 Å². The van der Waals surface area contributed by atoms with Crippen LogP contribution >= 0.6 is 7.60 Å². The average molecular weight is 347 g/mol. The van der Waals surface area contributed by atoms with E-state index in [1.807, 2.05) is 0 Å². The third-order valence-corrected chi connectivity index (χ3v) is 4.33. The van der Waals surface area contributed by atoms with Gasteiger partial charge in [0, 0.05) is 12.7 Å². The molecular weight excluding hydrogens is 333 g/mol. The summed E-state index contributed by atoms with van der Waals surface area (Å²) in [5.74, 6) is 0.604. The van der Waals surface area contributed by atoms with E-state index in [9.17, 15) is 4.57 Å². The topological polar surface area (TPSA) is 164 Å². The highest BCUT2D eigenvalue weighted by molar-refractivity contribution is 7.60. The number of nitrogens with two attached hydrogens (primary N) is 2. The van der Waals surface area contributed by atoms with Crippen LogP contribution in [0.2, 0.25) is 0 Å². The lowest BCUT2D eigenvalue weighted by atomic mass is 10.3. The molecule has 6 N–H and O–H groups in total. The Labute approximate surface area is 136 Å². The van der Waals surface area contributed by atoms with Gasteiger partial charge in [-0.15, -0.1) is 0 Å². The van der Waals surface area contributed by atoms with E-state index in [-0.39, 0.29) is 22.7 Å². The first-order valence-electron chi connectivity index (χ1n) is 6.71. The van der Waals surface area contributed by atoms with Gasteiger partial charge in [0.2, 0.25) is 5.95 Å². The monoisotopic (exact) mass is 347 g/mol. The van der Waals surface area contributed by atoms with Gasteiger partial charge in [-0.1, -0.05) is 0 Å². The predicted molar refractivity (Wildman–Crippen MR) is 90.1 cm³/mol. The van der Waals surface area contributed by atoms with Crippen molar-refractivity contribution in [2.45, 2.75) is 0 Å². The minimum Gasteiger partial charge on any atom is -0.382 e. The number of aromatic nitrogens is 4. The van der Waals surface area contributed by atoms with Crippen LogP contribution in [0.1, 0.15) is 0 Å². The fraction of sp³-hybridized carbons (Fsp3) is 0.0769. The van der Waals surface area contributed by atoms with Crippen LogP contribution in [0.5, 0.6) is 0 Å². The Bertz CT molecular complexity index is 958. The maximum Gasteiger partial charge on any atom is 0.356 e. The number of hydrogen-bond acceptors (Lipinski definition) is 8. The van der Waals surface area contributed by atoms with Crippen LogP contribution in [0.25, 0.3) is 11.2 Å². The van der Waals surface area contributed by atoms with Crippen molar-refractivity contribution in [3.63, 3.8) is 0 Å². The number of rotatable bonds is 3. The summed E-state index contributed by atoms with van der Waals surface area (Å²) in [4.78, 5) is 36.3. The quantitative estimate of drug-likeness (QED) is 0.479. The molecule has 0 fully saturated rings. The van der Waals surface area contributed by atoms with E-state index in [0.29, 0.717) is 17.0 Å². The van der Waals surface area contributed by atoms with Crippen LogP contribution in [-0.2, 0) is 4.57 Å². The molecule has 3 rings (SSSR count). The molecule has 2 aromatic heterocycles. The van der Waals surface area contributed by atoms with E-state index in [1.54, 1.807) is 24.1 Å². The van der Waals surface area contributed by atoms with Gasteiger partial charge in [0.05, 0.1) is 11.5 Å². The molecule has 3 aromatic rings. The Balaban J connectivity index is 1.99. The molecule has 0 amide bonds. The second-order valence-corrected chi connectivity index (χ2v) is 6.59. The Kier molecular flexibility index (Phi) is 3.80. The molecule has 10 nitrogen and oxygen atoms in total. The molecule has 0 aliphatic heterocycles. The first kappa shape index (κ1) is 16.1. The van der Waals surface area contributed by atoms with Crippen LogP contribution in [0.3, 0.4) is 0 Å². The molecule has 0 aliphatic rings. The molecule has 0 radical (unpaired) electrons. The van der Waals surface area contributed by atoms with Gasteiger partial charge in [-0.2, -0.15) is 9.97 Å². The molecule has 0 atom stereocenters. The van der Waals surface area contributed by atoms with Crippen molar-refractivity contribution in [2.75, 3.05) is 23.4 Å². The molecule has 124 valence electrons. The summed E-state index contributed by atoms with van der Waals surface area (Å²) < 4.78 is 11.2. The summed E-state index contributed by atoms with van der Waals surface area (Å²) in [6, 6.07) is 5.87. The summed E-state index contributed by atoms with van der Waals surface area (Å²) >= 11 is 0. The van der Waals surface area contributed by atoms with Gasteiger partial charge in [-0.05, 0) is 24.3 Å². The van der Waals surface area contributed by atoms with E-state index >= 15 is 0 Å². The van der Waals surface area contributed by atoms with Crippen molar-refractivity contribution in [3.8, 4) is 0 Å². The molecule has 2 heterocycles. The van der Waals surface area contributed by atoms with Gasteiger partial charge < -0.3 is 26.2 Å². The molecule has 0 saturated heterocycles. The lowest BCUT2D eigenvalue weighted by molar-refractivity contribution is 0.387. The highest BCUT2D eigenvalue weighted by atomic mass is 31.2. The zero-order chi connectivity index (χ0) is 17.5. The summed E-state index contributed by atoms with van der Waals surface area (Å²) in [5.41, 5.74) is 12.6. The van der Waals surface area contributed by atoms with E-state index in [2.05, 4.69) is 19.9 Å². The summed E-state index contributed by atoms with van der Waals surface area (Å²) in [7, 11) is -2.54. The minimum absolute atomic E-state index is 0.0171. The zero-order valence-electron chi connectivity index (χ0n) is 12.5. The van der Waals surface area contributed by atoms with Gasteiger partial charge in [-0.25, -0.2) is 9.97 Å². The Hall–Kier alpha value is -2.81. The van der Waals surface area contributed by atoms with E-state index in [1.165, 1.54) is 18.3 Å². The van der Waals surface area contributed by atoms with E-state index in [4.69, 9.17) is 21.3 Å². The van der Waals surface area contributed by atoms with Crippen LogP contribution < -0.4 is 21.7 Å². The molecule has 0 unspecified atom stereocenters. The highest BCUT2D eigenvalue weighted by Gasteiger charge is 2.17. The number of nitrogen functional groups attached to an aromatic ring is 2. The first-order chi connectivity index (χ1) is 11.3. The van der Waals surface area contributed by atoms with Crippen LogP contribution in [0.4, 0.5) is 23.3 Å². The largest absolute Gasteiger partial charge is 0.382 e. The third kappa shape index (κ3) is 2.98. The molecular formula is C13H14N7O3P. The highest BCUT2D eigenvalue weighted by Crippen LogP contribution is 2.34. The third-order valence-electron chi connectivity index (χ3n) is 3.36. The Morgan fingerprint density at radius 3 is 2.38 bits per heavy atom. The van der Waals surface area contributed by atoms with Gasteiger partial charge in [0.15, 0.2) is 22.8 Å². The molecule has 0 spiro atoms. The maximum absolute atomic E-state index is 11.2. The van der Waals surface area contributed by atoms with Gasteiger partial charge in [0.1, 0.15) is 0 Å². The zero-order valence-corrected chi connectivity index (χ0v) is 13.4. The lowest BCUT2D eigenvalue weighted by Crippen LogP contribution is -2.14. The van der Waals surface area contributed by atoms with E-state index < -0.39 is 7.60 Å². The molecule has 0 saturated carbocycles. The van der Waals surface area contributed by atoms with Crippen molar-refractivity contribution in [2.24, 2.45) is 0 Å². The Morgan fingerprint density at radius 1 is 1.08 bits per heavy atom. The van der Waals surface area contributed by atoms with Crippen LogP contribution in [-0.4, -0.2) is 36.8 Å². The summed E-state index contributed by atoms with van der Waals surface area (Å²) in [6.45, 7) is 0. The Morgan fingerprint density at radius 2 is 1.75 bits per heavy atom. The fourth-order valence-corrected chi connectivity index (χ4v) is 2.64. The number of anilines is 4. The second-order valence-electron chi connectivity index (χ2n) is 4.99. The van der Waals surface area contributed by atoms with Crippen LogP contribution in [0, 0.1) is 0 Å². The van der Waals surface area contributed by atoms with Gasteiger partial charge >= 0.3 is 7.60 Å². The molecule has 11 heteroatoms. The van der Waals surface area contributed by atoms with Crippen molar-refractivity contribution in [1.29, 1.82) is 0 Å². The fourth-order valence-electron chi connectivity index (χ4n) is 2.10. The summed E-state index contributed by atoms with van der Waals surface area (Å²) in [5, 5.41) is -0.0580. The standard InChI is InChI=1S/C13H14N7O3P/c1-20(7-2-4-8(5-3-7)24(21,22)23)9-6-16-12-10(17-9)11(14)18-13(15)19-12/h2-6H,1H3,(H2,21,22,23)(H4,14,15,16,18,19). The normalized spacial score (nSPS) is 11.6. The number of benzene rings is 1. The first-order valence-corrected chi connectivity index (χ1v) is 8.32. The van der Waals surface area contributed by atoms with Crippen molar-refractivity contribution in [3.05, 3.63) is 30.5 Å². The average Bonchev–Trinajstić information content (AvgIpc) is 2.53. The molecule has 0 bridgehead atoms. The number of fused-ring (bicyclic) bond motifs is 1. The summed E-state index contributed by atoms with van der Waals surface area (Å²) in [6.07, 6.45) is 1.49. The van der Waals surface area contributed by atoms with Crippen molar-refractivity contribution in [1.82, 2.24) is 19.9 Å². The van der Waals surface area contributed by atoms with Crippen molar-refractivity contribution >= 4 is 47.3 Å². The number of hydrogen-bond donors (Lipinski definition) is 4. The molecule has 24 heavy (non-hydrogen) atoms. The second kappa shape index (κ2) is 5.68.